The molecule has 0 bridgehead atoms. The molecule has 0 spiro atoms. The van der Waals surface area contributed by atoms with Gasteiger partial charge in [0.05, 0.1) is 59.9 Å². The topological polar surface area (TPSA) is 486 Å². The van der Waals surface area contributed by atoms with Gasteiger partial charge in [-0.3, -0.25) is 13.7 Å². The Bertz CT molecular complexity index is 4870. The number of aliphatic hydroxyl groups is 5. The minimum Gasteiger partial charge on any atom is -0.392 e. The van der Waals surface area contributed by atoms with E-state index in [9.17, 15) is 86.3 Å². The zero-order chi connectivity index (χ0) is 83.5. The number of unbranched alkanes of at least 4 members (excludes halogenated alkanes) is 2. The number of amides is 4. The second-order valence-corrected chi connectivity index (χ2v) is 36.4. The zero-order valence-electron chi connectivity index (χ0n) is 64.1. The minimum absolute atomic E-state index is 0.0531. The van der Waals surface area contributed by atoms with E-state index in [4.69, 9.17) is 27.7 Å². The van der Waals surface area contributed by atoms with Crippen LogP contribution in [0.2, 0.25) is 0 Å². The molecule has 38 heteroatoms. The standard InChI is InChI=1S/C38H51N3O15S3.C38H51N3O12S2/c1-5-7-18-38(6-2)23-57(45,46)30-17-16-27(41(3)4)20-28(30)31(35(38)43)25-14-11-15-26(19-25)39-37(44)40-36-32(42)34(53-21-24-12-9-8-10-13-24)33(56-59(50,51)52)29(55-36)22-54-58(47,48)49;1-5-7-18-38(6-2)23-54(46,47)30-17-16-27(41(3)4)20-28(30)31(35(38)44)25-14-11-15-26(19-25)39-37(45)40-36-33(43)34(51-21-24-12-9-8-10-13-24)32(42)29(53-36)22-52-55(48,49)50/h8-17,19-20,29,31-36,42-43H,5-7,18,21-23H2,1-4H3,(H2,39,40,44)(H,47,48,49)(H,50,51,52);8-17,19-20,29,31-36,42-44H,5-7,18,21-23H2,1-4H3,(H2,39,40,45)(H,48,49,50)/t29-,31-,32-,33-,34-,35-,36-,38-;29-,31-,32-,33-,34+,35-,36-,38-/m11/s1. The highest BCUT2D eigenvalue weighted by Crippen LogP contribution is 2.52. The van der Waals surface area contributed by atoms with Crippen LogP contribution in [0.4, 0.5) is 32.3 Å². The predicted molar refractivity (Wildman–Crippen MR) is 420 cm³/mol. The largest absolute Gasteiger partial charge is 0.397 e. The molecule has 0 saturated carbocycles. The third kappa shape index (κ3) is 22.9. The monoisotopic (exact) mass is 1690 g/mol. The molecule has 4 amide bonds. The zero-order valence-corrected chi connectivity index (χ0v) is 68.2. The van der Waals surface area contributed by atoms with Crippen LogP contribution in [0.3, 0.4) is 0 Å². The van der Waals surface area contributed by atoms with Gasteiger partial charge >= 0.3 is 43.3 Å². The first-order valence-electron chi connectivity index (χ1n) is 37.0. The number of hydrogen-bond donors (Lipinski definition) is 12. The van der Waals surface area contributed by atoms with Crippen molar-refractivity contribution in [1.82, 2.24) is 10.6 Å². The number of benzene rings is 6. The Morgan fingerprint density at radius 1 is 0.491 bits per heavy atom. The summed E-state index contributed by atoms with van der Waals surface area (Å²) in [4.78, 5) is 31.0. The average molecular weight is 1690 g/mol. The molecule has 6 aromatic rings. The molecule has 16 atom stereocenters. The number of urea groups is 2. The van der Waals surface area contributed by atoms with Gasteiger partial charge in [-0.15, -0.1) is 0 Å². The van der Waals surface area contributed by atoms with Gasteiger partial charge in [-0.25, -0.2) is 39.0 Å². The summed E-state index contributed by atoms with van der Waals surface area (Å²) in [7, 11) is -15.7. The normalized spacial score (nSPS) is 27.3. The Morgan fingerprint density at radius 2 is 0.886 bits per heavy atom. The first kappa shape index (κ1) is 90.5. The lowest BCUT2D eigenvalue weighted by molar-refractivity contribution is -0.246. The lowest BCUT2D eigenvalue weighted by Crippen LogP contribution is -2.65. The molecule has 4 heterocycles. The summed E-state index contributed by atoms with van der Waals surface area (Å²) in [5.41, 5.74) is 3.12. The average Bonchev–Trinajstić information content (AvgIpc) is 1.60. The van der Waals surface area contributed by atoms with Crippen LogP contribution in [0, 0.1) is 10.8 Å². The van der Waals surface area contributed by atoms with Crippen LogP contribution in [0.15, 0.2) is 155 Å². The molecule has 0 aliphatic carbocycles. The number of carbonyl (C=O) groups is 2. The van der Waals surface area contributed by atoms with Crippen molar-refractivity contribution < 1.29 is 122 Å². The predicted octanol–water partition coefficient (Wildman–Crippen LogP) is 7.01. The summed E-state index contributed by atoms with van der Waals surface area (Å²) < 4.78 is 190. The Morgan fingerprint density at radius 3 is 1.27 bits per heavy atom. The lowest BCUT2D eigenvalue weighted by atomic mass is 9.69. The van der Waals surface area contributed by atoms with E-state index in [1.165, 1.54) is 6.07 Å². The molecule has 12 N–H and O–H groups in total. The fraction of sp³-hybridized carbons (Fsp3) is 0.500. The number of carbonyl (C=O) groups excluding carboxylic acids is 2. The SMILES string of the molecule is CCCC[C@]1(CC)CS(=O)(=O)c2ccc(N(C)C)cc2[C@@H](c2cccc(NC(=O)N[C@@H]3O[C@H](COS(=O)(=O)O)[C@@H](O)[C@H](OCc4ccccc4)[C@H]3O)c2)[C@H]1O.CCCC[C@]1(CC)CS(=O)(=O)c2ccc(N(C)C)cc2[C@@H](c2cccc(NC(=O)N[C@@H]3O[C@H](COS(=O)(=O)O)[C@@H](OS(=O)(=O)O)[C@H](OCc4ccccc4)[C@H]3O)c2)[C@H]1O. The van der Waals surface area contributed by atoms with Gasteiger partial charge < -0.3 is 75.5 Å². The molecule has 4 aliphatic rings. The summed E-state index contributed by atoms with van der Waals surface area (Å²) >= 11 is 0. The Balaban J connectivity index is 0.000000262. The Hall–Kier alpha value is -7.39. The van der Waals surface area contributed by atoms with Gasteiger partial charge in [0, 0.05) is 73.6 Å². The number of aliphatic hydroxyl groups excluding tert-OH is 5. The third-order valence-corrected chi connectivity index (χ3v) is 26.5. The quantitative estimate of drug-likeness (QED) is 0.0202. The van der Waals surface area contributed by atoms with Crippen molar-refractivity contribution in [3.63, 3.8) is 0 Å². The molecule has 114 heavy (non-hydrogen) atoms. The van der Waals surface area contributed by atoms with Crippen LogP contribution < -0.4 is 31.1 Å². The molecular weight excluding hydrogens is 1590 g/mol. The van der Waals surface area contributed by atoms with Crippen molar-refractivity contribution in [3.05, 3.63) is 179 Å². The highest BCUT2D eigenvalue weighted by Gasteiger charge is 2.53. The molecule has 6 aromatic carbocycles. The van der Waals surface area contributed by atoms with Crippen molar-refractivity contribution in [2.45, 2.75) is 187 Å². The molecule has 10 rings (SSSR count). The second-order valence-electron chi connectivity index (χ2n) is 29.3. The third-order valence-electron chi connectivity index (χ3n) is 21.1. The van der Waals surface area contributed by atoms with Gasteiger partial charge in [-0.1, -0.05) is 138 Å². The number of fused-ring (bicyclic) bond motifs is 2. The maximum absolute atomic E-state index is 14.1. The number of nitrogens with zero attached hydrogens (tertiary/aromatic N) is 2. The molecule has 0 aromatic heterocycles. The fourth-order valence-corrected chi connectivity index (χ4v) is 20.7. The van der Waals surface area contributed by atoms with Crippen LogP contribution in [0.25, 0.3) is 0 Å². The Kier molecular flexibility index (Phi) is 30.4. The van der Waals surface area contributed by atoms with Gasteiger partial charge in [0.25, 0.3) is 0 Å². The van der Waals surface area contributed by atoms with E-state index in [0.717, 1.165) is 24.9 Å². The van der Waals surface area contributed by atoms with E-state index < -0.39 is 172 Å². The van der Waals surface area contributed by atoms with Crippen LogP contribution in [-0.2, 0) is 95.6 Å². The smallest absolute Gasteiger partial charge is 0.392 e. The summed E-state index contributed by atoms with van der Waals surface area (Å²) in [5, 5.41) is 68.4. The lowest BCUT2D eigenvalue weighted by Gasteiger charge is -2.43. The van der Waals surface area contributed by atoms with Gasteiger partial charge in [0.2, 0.25) is 0 Å². The van der Waals surface area contributed by atoms with Gasteiger partial charge in [0.15, 0.2) is 32.1 Å². The second kappa shape index (κ2) is 38.3. The van der Waals surface area contributed by atoms with E-state index in [1.54, 1.807) is 140 Å². The van der Waals surface area contributed by atoms with Gasteiger partial charge in [0.1, 0.15) is 48.8 Å². The highest BCUT2D eigenvalue weighted by molar-refractivity contribution is 7.91. The highest BCUT2D eigenvalue weighted by atomic mass is 32.3. The molecule has 2 fully saturated rings. The number of anilines is 4. The van der Waals surface area contributed by atoms with E-state index in [2.05, 4.69) is 29.6 Å². The summed E-state index contributed by atoms with van der Waals surface area (Å²) in [6, 6.07) is 38.7. The maximum atomic E-state index is 14.1. The number of ether oxygens (including phenoxy) is 4. The maximum Gasteiger partial charge on any atom is 0.397 e. The van der Waals surface area contributed by atoms with Crippen LogP contribution >= 0.6 is 0 Å². The van der Waals surface area contributed by atoms with Crippen LogP contribution in [-0.4, -0.2) is 220 Å². The van der Waals surface area contributed by atoms with Crippen molar-refractivity contribution >= 4 is 85.7 Å². The van der Waals surface area contributed by atoms with Crippen molar-refractivity contribution in [2.24, 2.45) is 10.8 Å². The first-order valence-corrected chi connectivity index (χ1v) is 44.4. The summed E-state index contributed by atoms with van der Waals surface area (Å²) in [6.45, 7) is 5.50. The van der Waals surface area contributed by atoms with Crippen molar-refractivity contribution in [2.75, 3.05) is 73.3 Å². The van der Waals surface area contributed by atoms with E-state index in [1.807, 2.05) is 65.7 Å². The minimum atomic E-state index is -5.29. The van der Waals surface area contributed by atoms with Crippen LogP contribution in [0.1, 0.15) is 124 Å². The van der Waals surface area contributed by atoms with E-state index in [-0.39, 0.29) is 45.9 Å². The van der Waals surface area contributed by atoms with Gasteiger partial charge in [-0.2, -0.15) is 25.3 Å². The van der Waals surface area contributed by atoms with Crippen molar-refractivity contribution in [3.8, 4) is 0 Å². The Labute approximate surface area is 665 Å². The van der Waals surface area contributed by atoms with Gasteiger partial charge in [-0.05, 0) is 120 Å². The number of hydrogen-bond acceptors (Lipinski definition) is 26. The van der Waals surface area contributed by atoms with E-state index >= 15 is 0 Å². The first-order chi connectivity index (χ1) is 53.6. The molecule has 2 saturated heterocycles. The van der Waals surface area contributed by atoms with Crippen molar-refractivity contribution in [1.29, 1.82) is 0 Å². The molecule has 0 unspecified atom stereocenters. The summed E-state index contributed by atoms with van der Waals surface area (Å²) in [5.74, 6) is -2.11. The number of nitrogens with one attached hydrogen (secondary N) is 4. The molecule has 628 valence electrons. The molecule has 4 aliphatic heterocycles. The number of rotatable bonds is 30. The molecular formula is C76H102N6O27S5. The summed E-state index contributed by atoms with van der Waals surface area (Å²) in [6.07, 6.45) is -14.3. The fourth-order valence-electron chi connectivity index (χ4n) is 15.1. The van der Waals surface area contributed by atoms with Crippen LogP contribution in [0.5, 0.6) is 0 Å². The number of sulfone groups is 2. The molecule has 33 nitrogen and oxygen atoms in total. The van der Waals surface area contributed by atoms with E-state index in [0.29, 0.717) is 71.2 Å². The molecule has 0 radical (unpaired) electrons.